The molecule has 0 aliphatic heterocycles. The van der Waals surface area contributed by atoms with Crippen molar-refractivity contribution in [3.8, 4) is 0 Å². The SMILES string of the molecule is Clc1ncc(Cl)c(Nc2ccc(Cl)c(Br)c2)n1. The van der Waals surface area contributed by atoms with Gasteiger partial charge in [-0.25, -0.2) is 4.98 Å². The maximum absolute atomic E-state index is 5.93. The van der Waals surface area contributed by atoms with Gasteiger partial charge in [-0.1, -0.05) is 23.2 Å². The zero-order chi connectivity index (χ0) is 12.4. The number of nitrogens with one attached hydrogen (secondary N) is 1. The Morgan fingerprint density at radius 1 is 1.12 bits per heavy atom. The fourth-order valence-electron chi connectivity index (χ4n) is 1.14. The van der Waals surface area contributed by atoms with Crippen LogP contribution in [0.25, 0.3) is 0 Å². The molecule has 7 heteroatoms. The van der Waals surface area contributed by atoms with E-state index in [1.165, 1.54) is 6.20 Å². The van der Waals surface area contributed by atoms with Crippen LogP contribution in [0.3, 0.4) is 0 Å². The van der Waals surface area contributed by atoms with Crippen molar-refractivity contribution in [1.82, 2.24) is 9.97 Å². The van der Waals surface area contributed by atoms with Gasteiger partial charge in [0.05, 0.1) is 11.2 Å². The quantitative estimate of drug-likeness (QED) is 0.777. The van der Waals surface area contributed by atoms with Gasteiger partial charge in [0.1, 0.15) is 5.02 Å². The topological polar surface area (TPSA) is 37.8 Å². The van der Waals surface area contributed by atoms with E-state index in [4.69, 9.17) is 34.8 Å². The molecule has 0 fully saturated rings. The molecule has 2 rings (SSSR count). The van der Waals surface area contributed by atoms with Crippen molar-refractivity contribution in [3.05, 3.63) is 44.2 Å². The summed E-state index contributed by atoms with van der Waals surface area (Å²) in [7, 11) is 0. The van der Waals surface area contributed by atoms with Gasteiger partial charge in [0.25, 0.3) is 0 Å². The predicted octanol–water partition coefficient (Wildman–Crippen LogP) is 4.94. The average molecular weight is 353 g/mol. The number of rotatable bonds is 2. The molecule has 0 saturated heterocycles. The van der Waals surface area contributed by atoms with Crippen LogP contribution in [-0.4, -0.2) is 9.97 Å². The second-order valence-electron chi connectivity index (χ2n) is 3.09. The van der Waals surface area contributed by atoms with Crippen LogP contribution >= 0.6 is 50.7 Å². The van der Waals surface area contributed by atoms with Crippen LogP contribution in [0.2, 0.25) is 15.3 Å². The van der Waals surface area contributed by atoms with Crippen molar-refractivity contribution in [2.75, 3.05) is 5.32 Å². The molecule has 0 atom stereocenters. The third-order valence-electron chi connectivity index (χ3n) is 1.90. The highest BCUT2D eigenvalue weighted by atomic mass is 79.9. The number of hydrogen-bond acceptors (Lipinski definition) is 3. The Bertz CT molecular complexity index is 562. The van der Waals surface area contributed by atoms with Crippen LogP contribution < -0.4 is 5.32 Å². The Kier molecular flexibility index (Phi) is 4.09. The minimum absolute atomic E-state index is 0.130. The van der Waals surface area contributed by atoms with E-state index in [2.05, 4.69) is 31.2 Å². The largest absolute Gasteiger partial charge is 0.339 e. The molecule has 0 radical (unpaired) electrons. The number of anilines is 2. The molecular weight excluding hydrogens is 348 g/mol. The van der Waals surface area contributed by atoms with Gasteiger partial charge in [0, 0.05) is 10.2 Å². The highest BCUT2D eigenvalue weighted by Gasteiger charge is 2.05. The molecule has 1 aromatic carbocycles. The molecule has 2 aromatic rings. The van der Waals surface area contributed by atoms with E-state index in [0.717, 1.165) is 10.2 Å². The fraction of sp³-hybridized carbons (Fsp3) is 0. The van der Waals surface area contributed by atoms with Crippen LogP contribution in [0.4, 0.5) is 11.5 Å². The first-order valence-corrected chi connectivity index (χ1v) is 6.39. The molecule has 1 aromatic heterocycles. The summed E-state index contributed by atoms with van der Waals surface area (Å²) in [5, 5.41) is 4.17. The van der Waals surface area contributed by atoms with Crippen molar-refractivity contribution in [3.63, 3.8) is 0 Å². The van der Waals surface area contributed by atoms with Gasteiger partial charge < -0.3 is 5.32 Å². The maximum atomic E-state index is 5.93. The molecule has 0 amide bonds. The zero-order valence-electron chi connectivity index (χ0n) is 8.22. The highest BCUT2D eigenvalue weighted by molar-refractivity contribution is 9.10. The molecule has 88 valence electrons. The summed E-state index contributed by atoms with van der Waals surface area (Å²) in [6.45, 7) is 0. The molecule has 0 bridgehead atoms. The summed E-state index contributed by atoms with van der Waals surface area (Å²) < 4.78 is 0.778. The molecular formula is C10H5BrCl3N3. The number of hydrogen-bond donors (Lipinski definition) is 1. The molecule has 17 heavy (non-hydrogen) atoms. The fourth-order valence-corrected chi connectivity index (χ4v) is 1.91. The van der Waals surface area contributed by atoms with Gasteiger partial charge in [0.15, 0.2) is 5.82 Å². The van der Waals surface area contributed by atoms with Crippen molar-refractivity contribution < 1.29 is 0 Å². The standard InChI is InChI=1S/C10H5BrCl3N3/c11-6-3-5(1-2-7(6)12)16-9-8(13)4-15-10(14)17-9/h1-4H,(H,15,16,17). The monoisotopic (exact) mass is 351 g/mol. The Morgan fingerprint density at radius 2 is 1.88 bits per heavy atom. The summed E-state index contributed by atoms with van der Waals surface area (Å²) in [5.74, 6) is 0.445. The van der Waals surface area contributed by atoms with Crippen LogP contribution in [0.5, 0.6) is 0 Å². The first kappa shape index (κ1) is 12.9. The third-order valence-corrected chi connectivity index (χ3v) is 3.57. The van der Waals surface area contributed by atoms with E-state index >= 15 is 0 Å². The molecule has 0 saturated carbocycles. The number of halogens is 4. The molecule has 1 heterocycles. The van der Waals surface area contributed by atoms with Crippen molar-refractivity contribution in [1.29, 1.82) is 0 Å². The Labute approximate surface area is 121 Å². The van der Waals surface area contributed by atoms with Crippen LogP contribution in [0, 0.1) is 0 Å². The van der Waals surface area contributed by atoms with Crippen molar-refractivity contribution in [2.45, 2.75) is 0 Å². The van der Waals surface area contributed by atoms with Crippen LogP contribution in [0.1, 0.15) is 0 Å². The van der Waals surface area contributed by atoms with E-state index in [1.807, 2.05) is 6.07 Å². The van der Waals surface area contributed by atoms with E-state index < -0.39 is 0 Å². The minimum atomic E-state index is 0.130. The lowest BCUT2D eigenvalue weighted by atomic mass is 10.3. The van der Waals surface area contributed by atoms with E-state index in [-0.39, 0.29) is 5.28 Å². The van der Waals surface area contributed by atoms with Crippen molar-refractivity contribution >= 4 is 62.2 Å². The third kappa shape index (κ3) is 3.22. The van der Waals surface area contributed by atoms with E-state index in [0.29, 0.717) is 15.9 Å². The molecule has 3 nitrogen and oxygen atoms in total. The Morgan fingerprint density at radius 3 is 2.59 bits per heavy atom. The van der Waals surface area contributed by atoms with Crippen molar-refractivity contribution in [2.24, 2.45) is 0 Å². The number of aromatic nitrogens is 2. The lowest BCUT2D eigenvalue weighted by Crippen LogP contribution is -1.96. The van der Waals surface area contributed by atoms with Gasteiger partial charge in [-0.15, -0.1) is 0 Å². The summed E-state index contributed by atoms with van der Waals surface area (Å²) in [4.78, 5) is 7.75. The maximum Gasteiger partial charge on any atom is 0.224 e. The Balaban J connectivity index is 2.31. The van der Waals surface area contributed by atoms with Gasteiger partial charge in [-0.3, -0.25) is 0 Å². The molecule has 0 unspecified atom stereocenters. The van der Waals surface area contributed by atoms with Crippen LogP contribution in [0.15, 0.2) is 28.9 Å². The smallest absolute Gasteiger partial charge is 0.224 e. The summed E-state index contributed by atoms with van der Waals surface area (Å²) >= 11 is 20.8. The summed E-state index contributed by atoms with van der Waals surface area (Å²) in [6, 6.07) is 5.37. The highest BCUT2D eigenvalue weighted by Crippen LogP contribution is 2.29. The second kappa shape index (κ2) is 5.40. The predicted molar refractivity (Wildman–Crippen MR) is 74.5 cm³/mol. The van der Waals surface area contributed by atoms with Gasteiger partial charge in [-0.05, 0) is 45.7 Å². The zero-order valence-corrected chi connectivity index (χ0v) is 12.1. The summed E-state index contributed by atoms with van der Waals surface area (Å²) in [6.07, 6.45) is 1.43. The summed E-state index contributed by atoms with van der Waals surface area (Å²) in [5.41, 5.74) is 0.790. The normalized spacial score (nSPS) is 10.4. The second-order valence-corrected chi connectivity index (χ2v) is 5.10. The molecule has 1 N–H and O–H groups in total. The lowest BCUT2D eigenvalue weighted by Gasteiger charge is -2.08. The minimum Gasteiger partial charge on any atom is -0.339 e. The van der Waals surface area contributed by atoms with Gasteiger partial charge >= 0.3 is 0 Å². The molecule has 0 aliphatic carbocycles. The van der Waals surface area contributed by atoms with Gasteiger partial charge in [-0.2, -0.15) is 4.98 Å². The number of benzene rings is 1. The van der Waals surface area contributed by atoms with E-state index in [9.17, 15) is 0 Å². The molecule has 0 aliphatic rings. The first-order chi connectivity index (χ1) is 8.06. The lowest BCUT2D eigenvalue weighted by molar-refractivity contribution is 1.17. The van der Waals surface area contributed by atoms with E-state index in [1.54, 1.807) is 12.1 Å². The number of nitrogens with zero attached hydrogens (tertiary/aromatic N) is 2. The van der Waals surface area contributed by atoms with Gasteiger partial charge in [0.2, 0.25) is 5.28 Å². The van der Waals surface area contributed by atoms with Crippen LogP contribution in [-0.2, 0) is 0 Å². The first-order valence-electron chi connectivity index (χ1n) is 4.46. The molecule has 0 spiro atoms. The Hall–Kier alpha value is -0.550. The average Bonchev–Trinajstić information content (AvgIpc) is 2.29.